The lowest BCUT2D eigenvalue weighted by Crippen LogP contribution is -2.57. The topological polar surface area (TPSA) is 43.8 Å². The van der Waals surface area contributed by atoms with E-state index >= 15 is 0 Å². The number of para-hydroxylation sites is 1. The van der Waals surface area contributed by atoms with Crippen LogP contribution in [0.3, 0.4) is 0 Å². The summed E-state index contributed by atoms with van der Waals surface area (Å²) in [4.78, 5) is 16.3. The van der Waals surface area contributed by atoms with Gasteiger partial charge in [0, 0.05) is 24.7 Å². The normalized spacial score (nSPS) is 16.8. The molecule has 0 unspecified atom stereocenters. The SMILES string of the molecule is CN(CC1(N(C)C)CCC1)C(=O)Cc1ccccc1O. The molecule has 0 radical (unpaired) electrons. The fourth-order valence-corrected chi connectivity index (χ4v) is 2.82. The van der Waals surface area contributed by atoms with E-state index in [0.717, 1.165) is 19.4 Å². The number of aromatic hydroxyl groups is 1. The second kappa shape index (κ2) is 5.83. The van der Waals surface area contributed by atoms with Crippen LogP contribution in [0.1, 0.15) is 24.8 Å². The van der Waals surface area contributed by atoms with Crippen molar-refractivity contribution in [2.24, 2.45) is 0 Å². The molecule has 0 aliphatic heterocycles. The molecule has 4 heteroatoms. The Morgan fingerprint density at radius 1 is 1.25 bits per heavy atom. The van der Waals surface area contributed by atoms with Gasteiger partial charge in [-0.15, -0.1) is 0 Å². The third-order valence-corrected chi connectivity index (χ3v) is 4.52. The zero-order valence-corrected chi connectivity index (χ0v) is 12.6. The maximum atomic E-state index is 12.3. The number of phenolic OH excluding ortho intramolecular Hbond substituents is 1. The van der Waals surface area contributed by atoms with Crippen molar-refractivity contribution in [1.29, 1.82) is 0 Å². The van der Waals surface area contributed by atoms with Crippen LogP contribution in [0.4, 0.5) is 0 Å². The first kappa shape index (κ1) is 14.9. The lowest BCUT2D eigenvalue weighted by molar-refractivity contribution is -0.132. The fourth-order valence-electron chi connectivity index (χ4n) is 2.82. The summed E-state index contributed by atoms with van der Waals surface area (Å²) in [6, 6.07) is 7.03. The fraction of sp³-hybridized carbons (Fsp3) is 0.562. The Hall–Kier alpha value is -1.55. The Morgan fingerprint density at radius 2 is 1.90 bits per heavy atom. The minimum absolute atomic E-state index is 0.0552. The van der Waals surface area contributed by atoms with E-state index in [0.29, 0.717) is 5.56 Å². The molecule has 4 nitrogen and oxygen atoms in total. The van der Waals surface area contributed by atoms with Crippen molar-refractivity contribution in [2.45, 2.75) is 31.2 Å². The van der Waals surface area contributed by atoms with Crippen molar-refractivity contribution in [2.75, 3.05) is 27.7 Å². The zero-order valence-electron chi connectivity index (χ0n) is 12.6. The van der Waals surface area contributed by atoms with Crippen LogP contribution in [0.2, 0.25) is 0 Å². The van der Waals surface area contributed by atoms with E-state index in [1.54, 1.807) is 23.1 Å². The maximum absolute atomic E-state index is 12.3. The van der Waals surface area contributed by atoms with Gasteiger partial charge >= 0.3 is 0 Å². The molecule has 0 spiro atoms. The number of nitrogens with zero attached hydrogens (tertiary/aromatic N) is 2. The Morgan fingerprint density at radius 3 is 2.40 bits per heavy atom. The van der Waals surface area contributed by atoms with Crippen LogP contribution >= 0.6 is 0 Å². The van der Waals surface area contributed by atoms with Gasteiger partial charge < -0.3 is 14.9 Å². The van der Waals surface area contributed by atoms with Crippen molar-refractivity contribution >= 4 is 5.91 Å². The number of hydrogen-bond acceptors (Lipinski definition) is 3. The Kier molecular flexibility index (Phi) is 4.33. The van der Waals surface area contributed by atoms with Gasteiger partial charge in [0.1, 0.15) is 5.75 Å². The summed E-state index contributed by atoms with van der Waals surface area (Å²) in [5, 5.41) is 9.74. The Balaban J connectivity index is 1.97. The molecule has 20 heavy (non-hydrogen) atoms. The summed E-state index contributed by atoms with van der Waals surface area (Å²) >= 11 is 0. The molecule has 1 aromatic rings. The van der Waals surface area contributed by atoms with Crippen LogP contribution < -0.4 is 0 Å². The largest absolute Gasteiger partial charge is 0.508 e. The van der Waals surface area contributed by atoms with Gasteiger partial charge in [0.05, 0.1) is 6.42 Å². The molecule has 0 bridgehead atoms. The zero-order chi connectivity index (χ0) is 14.8. The molecule has 0 atom stereocenters. The molecule has 1 saturated carbocycles. The highest BCUT2D eigenvalue weighted by molar-refractivity contribution is 5.79. The van der Waals surface area contributed by atoms with Gasteiger partial charge in [-0.25, -0.2) is 0 Å². The molecular formula is C16H24N2O2. The number of likely N-dealkylation sites (N-methyl/N-ethyl adjacent to an activating group) is 2. The van der Waals surface area contributed by atoms with Crippen molar-refractivity contribution in [1.82, 2.24) is 9.80 Å². The number of carbonyl (C=O) groups is 1. The van der Waals surface area contributed by atoms with Gasteiger partial charge in [-0.1, -0.05) is 18.2 Å². The summed E-state index contributed by atoms with van der Waals surface area (Å²) in [6.45, 7) is 0.756. The summed E-state index contributed by atoms with van der Waals surface area (Å²) in [5.41, 5.74) is 0.834. The number of carbonyl (C=O) groups excluding carboxylic acids is 1. The molecule has 1 aliphatic rings. The van der Waals surface area contributed by atoms with Crippen molar-refractivity contribution < 1.29 is 9.90 Å². The smallest absolute Gasteiger partial charge is 0.226 e. The molecule has 1 aromatic carbocycles. The Bertz CT molecular complexity index is 481. The standard InChI is InChI=1S/C16H24N2O2/c1-17(2)16(9-6-10-16)12-18(3)15(20)11-13-7-4-5-8-14(13)19/h4-5,7-8,19H,6,9-12H2,1-3H3. The molecule has 0 aromatic heterocycles. The number of phenols is 1. The second-order valence-corrected chi connectivity index (χ2v) is 6.03. The average Bonchev–Trinajstić information content (AvgIpc) is 2.35. The van der Waals surface area contributed by atoms with E-state index in [-0.39, 0.29) is 23.6 Å². The molecule has 1 N–H and O–H groups in total. The van der Waals surface area contributed by atoms with E-state index in [4.69, 9.17) is 0 Å². The summed E-state index contributed by atoms with van der Waals surface area (Å²) in [5.74, 6) is 0.250. The van der Waals surface area contributed by atoms with Crippen LogP contribution in [0.5, 0.6) is 5.75 Å². The third-order valence-electron chi connectivity index (χ3n) is 4.52. The Labute approximate surface area is 121 Å². The van der Waals surface area contributed by atoms with Gasteiger partial charge in [-0.05, 0) is 39.4 Å². The van der Waals surface area contributed by atoms with Gasteiger partial charge in [0.25, 0.3) is 0 Å². The number of hydrogen-bond donors (Lipinski definition) is 1. The van der Waals surface area contributed by atoms with Crippen LogP contribution in [-0.4, -0.2) is 54.0 Å². The molecule has 1 fully saturated rings. The molecule has 0 heterocycles. The van der Waals surface area contributed by atoms with E-state index in [1.165, 1.54) is 6.42 Å². The molecule has 110 valence electrons. The highest BCUT2D eigenvalue weighted by Gasteiger charge is 2.40. The highest BCUT2D eigenvalue weighted by Crippen LogP contribution is 2.36. The second-order valence-electron chi connectivity index (χ2n) is 6.03. The molecule has 1 amide bonds. The first-order valence-corrected chi connectivity index (χ1v) is 7.13. The van der Waals surface area contributed by atoms with Gasteiger partial charge in [0.15, 0.2) is 0 Å². The number of benzene rings is 1. The number of amides is 1. The lowest BCUT2D eigenvalue weighted by atomic mass is 9.75. The van der Waals surface area contributed by atoms with Crippen LogP contribution in [0, 0.1) is 0 Å². The third kappa shape index (κ3) is 2.96. The van der Waals surface area contributed by atoms with E-state index in [1.807, 2.05) is 13.1 Å². The number of rotatable bonds is 5. The van der Waals surface area contributed by atoms with Gasteiger partial charge in [0.2, 0.25) is 5.91 Å². The van der Waals surface area contributed by atoms with Crippen molar-refractivity contribution in [3.8, 4) is 5.75 Å². The van der Waals surface area contributed by atoms with Crippen molar-refractivity contribution in [3.63, 3.8) is 0 Å². The van der Waals surface area contributed by atoms with Crippen LogP contribution in [-0.2, 0) is 11.2 Å². The average molecular weight is 276 g/mol. The van der Waals surface area contributed by atoms with Crippen LogP contribution in [0.15, 0.2) is 24.3 Å². The predicted octanol–water partition coefficient (Wildman–Crippen LogP) is 1.88. The summed E-state index contributed by atoms with van der Waals surface area (Å²) in [7, 11) is 6.02. The van der Waals surface area contributed by atoms with Crippen molar-refractivity contribution in [3.05, 3.63) is 29.8 Å². The first-order valence-electron chi connectivity index (χ1n) is 7.13. The van der Waals surface area contributed by atoms with Gasteiger partial charge in [-0.3, -0.25) is 4.79 Å². The summed E-state index contributed by atoms with van der Waals surface area (Å²) < 4.78 is 0. The first-order chi connectivity index (χ1) is 9.44. The highest BCUT2D eigenvalue weighted by atomic mass is 16.3. The summed E-state index contributed by atoms with van der Waals surface area (Å²) in [6.07, 6.45) is 3.79. The molecule has 0 saturated heterocycles. The lowest BCUT2D eigenvalue weighted by Gasteiger charge is -2.49. The maximum Gasteiger partial charge on any atom is 0.226 e. The quantitative estimate of drug-likeness (QED) is 0.893. The monoisotopic (exact) mass is 276 g/mol. The minimum atomic E-state index is 0.0552. The van der Waals surface area contributed by atoms with E-state index in [2.05, 4.69) is 19.0 Å². The van der Waals surface area contributed by atoms with Crippen LogP contribution in [0.25, 0.3) is 0 Å². The van der Waals surface area contributed by atoms with E-state index in [9.17, 15) is 9.90 Å². The van der Waals surface area contributed by atoms with E-state index < -0.39 is 0 Å². The molecule has 2 rings (SSSR count). The molecular weight excluding hydrogens is 252 g/mol. The minimum Gasteiger partial charge on any atom is -0.508 e. The predicted molar refractivity (Wildman–Crippen MR) is 79.7 cm³/mol. The van der Waals surface area contributed by atoms with Gasteiger partial charge in [-0.2, -0.15) is 0 Å². The molecule has 1 aliphatic carbocycles.